The Morgan fingerprint density at radius 3 is 2.61 bits per heavy atom. The van der Waals surface area contributed by atoms with E-state index in [4.69, 9.17) is 9.47 Å². The third-order valence-electron chi connectivity index (χ3n) is 3.77. The molecule has 0 unspecified atom stereocenters. The summed E-state index contributed by atoms with van der Waals surface area (Å²) < 4.78 is 10.7. The average molecular weight is 249 g/mol. The molecule has 3 heteroatoms. The third kappa shape index (κ3) is 3.39. The maximum atomic E-state index is 5.42. The minimum atomic E-state index is 0.849. The van der Waals surface area contributed by atoms with E-state index in [9.17, 15) is 0 Å². The van der Waals surface area contributed by atoms with E-state index >= 15 is 0 Å². The van der Waals surface area contributed by atoms with Crippen molar-refractivity contribution in [3.63, 3.8) is 0 Å². The molecule has 1 heterocycles. The number of benzene rings is 1. The lowest BCUT2D eigenvalue weighted by atomic mass is 9.91. The Hall–Kier alpha value is -1.22. The molecule has 0 amide bonds. The van der Waals surface area contributed by atoms with Gasteiger partial charge >= 0.3 is 0 Å². The van der Waals surface area contributed by atoms with Gasteiger partial charge in [0.1, 0.15) is 11.5 Å². The van der Waals surface area contributed by atoms with Crippen molar-refractivity contribution in [2.75, 3.05) is 27.3 Å². The summed E-state index contributed by atoms with van der Waals surface area (Å²) in [6, 6.07) is 6.05. The maximum absolute atomic E-state index is 5.42. The van der Waals surface area contributed by atoms with Crippen LogP contribution in [0.2, 0.25) is 0 Å². The molecule has 1 aliphatic rings. The molecule has 1 saturated heterocycles. The summed E-state index contributed by atoms with van der Waals surface area (Å²) in [5, 5.41) is 3.41. The van der Waals surface area contributed by atoms with Crippen molar-refractivity contribution in [2.45, 2.75) is 25.7 Å². The molecule has 2 rings (SSSR count). The number of hydrogen-bond donors (Lipinski definition) is 1. The zero-order chi connectivity index (χ0) is 12.8. The van der Waals surface area contributed by atoms with Crippen LogP contribution in [0.5, 0.6) is 11.5 Å². The number of methoxy groups -OCH3 is 2. The van der Waals surface area contributed by atoms with Gasteiger partial charge in [0.15, 0.2) is 0 Å². The van der Waals surface area contributed by atoms with Crippen LogP contribution >= 0.6 is 0 Å². The van der Waals surface area contributed by atoms with Crippen LogP contribution in [0.4, 0.5) is 0 Å². The Labute approximate surface area is 109 Å². The fourth-order valence-electron chi connectivity index (χ4n) is 2.61. The van der Waals surface area contributed by atoms with Gasteiger partial charge in [-0.3, -0.25) is 0 Å². The number of ether oxygens (including phenoxy) is 2. The lowest BCUT2D eigenvalue weighted by molar-refractivity contribution is 0.350. The van der Waals surface area contributed by atoms with E-state index in [2.05, 4.69) is 11.4 Å². The van der Waals surface area contributed by atoms with Crippen LogP contribution in [0, 0.1) is 5.92 Å². The smallest absolute Gasteiger partial charge is 0.122 e. The van der Waals surface area contributed by atoms with Gasteiger partial charge in [-0.15, -0.1) is 0 Å². The molecular weight excluding hydrogens is 226 g/mol. The molecule has 0 bridgehead atoms. The van der Waals surface area contributed by atoms with Crippen molar-refractivity contribution >= 4 is 0 Å². The lowest BCUT2D eigenvalue weighted by Crippen LogP contribution is -2.27. The fourth-order valence-corrected chi connectivity index (χ4v) is 2.61. The van der Waals surface area contributed by atoms with Gasteiger partial charge in [0.05, 0.1) is 14.2 Å². The molecule has 3 nitrogen and oxygen atoms in total. The highest BCUT2D eigenvalue weighted by atomic mass is 16.5. The maximum Gasteiger partial charge on any atom is 0.122 e. The standard InChI is InChI=1S/C15H23NO2/c1-17-14-5-6-15(18-2)13(11-14)4-3-12-7-9-16-10-8-12/h5-6,11-12,16H,3-4,7-10H2,1-2H3. The van der Waals surface area contributed by atoms with Crippen LogP contribution < -0.4 is 14.8 Å². The largest absolute Gasteiger partial charge is 0.497 e. The molecule has 18 heavy (non-hydrogen) atoms. The normalized spacial score (nSPS) is 16.6. The summed E-state index contributed by atoms with van der Waals surface area (Å²) in [5.74, 6) is 2.74. The van der Waals surface area contributed by atoms with Crippen molar-refractivity contribution in [1.29, 1.82) is 0 Å². The first-order chi connectivity index (χ1) is 8.83. The monoisotopic (exact) mass is 249 g/mol. The van der Waals surface area contributed by atoms with Gasteiger partial charge in [-0.05, 0) is 68.5 Å². The van der Waals surface area contributed by atoms with Gasteiger partial charge in [-0.25, -0.2) is 0 Å². The summed E-state index contributed by atoms with van der Waals surface area (Å²) >= 11 is 0. The molecule has 0 radical (unpaired) electrons. The second-order valence-electron chi connectivity index (χ2n) is 4.91. The zero-order valence-electron chi connectivity index (χ0n) is 11.4. The van der Waals surface area contributed by atoms with Crippen molar-refractivity contribution in [3.8, 4) is 11.5 Å². The second kappa shape index (κ2) is 6.64. The molecule has 0 aromatic heterocycles. The topological polar surface area (TPSA) is 30.5 Å². The van der Waals surface area contributed by atoms with E-state index in [-0.39, 0.29) is 0 Å². The Bertz CT molecular complexity index is 373. The summed E-state index contributed by atoms with van der Waals surface area (Å²) in [4.78, 5) is 0. The Morgan fingerprint density at radius 2 is 1.94 bits per heavy atom. The van der Waals surface area contributed by atoms with E-state index in [0.717, 1.165) is 23.8 Å². The van der Waals surface area contributed by atoms with Gasteiger partial charge in [0.2, 0.25) is 0 Å². The average Bonchev–Trinajstić information content (AvgIpc) is 2.45. The Morgan fingerprint density at radius 1 is 1.17 bits per heavy atom. The van der Waals surface area contributed by atoms with Crippen LogP contribution in [0.15, 0.2) is 18.2 Å². The minimum Gasteiger partial charge on any atom is -0.497 e. The lowest BCUT2D eigenvalue weighted by Gasteiger charge is -2.22. The molecule has 1 fully saturated rings. The Balaban J connectivity index is 1.97. The SMILES string of the molecule is COc1ccc(OC)c(CCC2CCNCC2)c1. The van der Waals surface area contributed by atoms with Crippen molar-refractivity contribution < 1.29 is 9.47 Å². The van der Waals surface area contributed by atoms with E-state index < -0.39 is 0 Å². The number of rotatable bonds is 5. The number of hydrogen-bond acceptors (Lipinski definition) is 3. The molecule has 1 aromatic carbocycles. The van der Waals surface area contributed by atoms with E-state index in [1.165, 1.54) is 37.9 Å². The molecule has 0 aliphatic carbocycles. The first kappa shape index (κ1) is 13.2. The molecule has 1 aromatic rings. The highest BCUT2D eigenvalue weighted by Crippen LogP contribution is 2.27. The van der Waals surface area contributed by atoms with E-state index in [1.54, 1.807) is 14.2 Å². The number of aryl methyl sites for hydroxylation is 1. The molecule has 1 N–H and O–H groups in total. The van der Waals surface area contributed by atoms with Crippen LogP contribution in [-0.2, 0) is 6.42 Å². The highest BCUT2D eigenvalue weighted by molar-refractivity contribution is 5.40. The highest BCUT2D eigenvalue weighted by Gasteiger charge is 2.14. The van der Waals surface area contributed by atoms with Crippen LogP contribution in [0.1, 0.15) is 24.8 Å². The predicted molar refractivity (Wildman–Crippen MR) is 73.5 cm³/mol. The van der Waals surface area contributed by atoms with Crippen LogP contribution in [0.25, 0.3) is 0 Å². The van der Waals surface area contributed by atoms with Crippen molar-refractivity contribution in [3.05, 3.63) is 23.8 Å². The third-order valence-corrected chi connectivity index (χ3v) is 3.77. The summed E-state index contributed by atoms with van der Waals surface area (Å²) in [6.45, 7) is 2.33. The van der Waals surface area contributed by atoms with E-state index in [0.29, 0.717) is 0 Å². The van der Waals surface area contributed by atoms with Gasteiger partial charge in [-0.2, -0.15) is 0 Å². The minimum absolute atomic E-state index is 0.849. The first-order valence-electron chi connectivity index (χ1n) is 6.75. The molecule has 0 saturated carbocycles. The fraction of sp³-hybridized carbons (Fsp3) is 0.600. The quantitative estimate of drug-likeness (QED) is 0.870. The summed E-state index contributed by atoms with van der Waals surface area (Å²) in [6.07, 6.45) is 4.91. The van der Waals surface area contributed by atoms with Gasteiger partial charge in [0.25, 0.3) is 0 Å². The van der Waals surface area contributed by atoms with E-state index in [1.807, 2.05) is 12.1 Å². The molecule has 0 spiro atoms. The predicted octanol–water partition coefficient (Wildman–Crippen LogP) is 2.64. The number of nitrogens with one attached hydrogen (secondary N) is 1. The van der Waals surface area contributed by atoms with Crippen molar-refractivity contribution in [1.82, 2.24) is 5.32 Å². The number of piperidine rings is 1. The van der Waals surface area contributed by atoms with Gasteiger partial charge in [-0.1, -0.05) is 0 Å². The molecule has 100 valence electrons. The molecule has 0 atom stereocenters. The zero-order valence-corrected chi connectivity index (χ0v) is 11.4. The van der Waals surface area contributed by atoms with Crippen LogP contribution in [0.3, 0.4) is 0 Å². The molecule has 1 aliphatic heterocycles. The Kier molecular flexibility index (Phi) is 4.88. The first-order valence-corrected chi connectivity index (χ1v) is 6.75. The molecular formula is C15H23NO2. The van der Waals surface area contributed by atoms with Crippen molar-refractivity contribution in [2.24, 2.45) is 5.92 Å². The van der Waals surface area contributed by atoms with Crippen LogP contribution in [-0.4, -0.2) is 27.3 Å². The van der Waals surface area contributed by atoms with Gasteiger partial charge < -0.3 is 14.8 Å². The second-order valence-corrected chi connectivity index (χ2v) is 4.91. The summed E-state index contributed by atoms with van der Waals surface area (Å²) in [5.41, 5.74) is 1.26. The summed E-state index contributed by atoms with van der Waals surface area (Å²) in [7, 11) is 3.44. The van der Waals surface area contributed by atoms with Gasteiger partial charge in [0, 0.05) is 0 Å².